The molecule has 2 saturated heterocycles. The number of aliphatic carboxylic acids is 1. The predicted octanol–water partition coefficient (Wildman–Crippen LogP) is 2.62. The van der Waals surface area contributed by atoms with E-state index in [1.54, 1.807) is 0 Å². The van der Waals surface area contributed by atoms with Crippen molar-refractivity contribution in [3.8, 4) is 0 Å². The van der Waals surface area contributed by atoms with Gasteiger partial charge in [-0.15, -0.1) is 0 Å². The number of likely N-dealkylation sites (tertiary alicyclic amines) is 1. The summed E-state index contributed by atoms with van der Waals surface area (Å²) in [5, 5.41) is 9.64. The molecule has 0 spiro atoms. The van der Waals surface area contributed by atoms with Gasteiger partial charge in [-0.05, 0) is 37.6 Å². The van der Waals surface area contributed by atoms with Crippen LogP contribution in [0.5, 0.6) is 0 Å². The van der Waals surface area contributed by atoms with Crippen LogP contribution in [0.4, 0.5) is 0 Å². The monoisotopic (exact) mass is 283 g/mol. The molecule has 0 radical (unpaired) electrons. The molecule has 0 saturated carbocycles. The highest BCUT2D eigenvalue weighted by Crippen LogP contribution is 2.40. The molecule has 2 aliphatic heterocycles. The van der Waals surface area contributed by atoms with Gasteiger partial charge in [0, 0.05) is 19.2 Å². The summed E-state index contributed by atoms with van der Waals surface area (Å²) in [5.74, 6) is 0.0999. The van der Waals surface area contributed by atoms with Gasteiger partial charge in [0.05, 0.1) is 11.5 Å². The Morgan fingerprint density at radius 2 is 2.05 bits per heavy atom. The number of ether oxygens (including phenoxy) is 1. The van der Waals surface area contributed by atoms with Gasteiger partial charge in [-0.3, -0.25) is 9.69 Å². The van der Waals surface area contributed by atoms with E-state index in [2.05, 4.69) is 18.7 Å². The van der Waals surface area contributed by atoms with Crippen molar-refractivity contribution in [1.29, 1.82) is 0 Å². The Labute approximate surface area is 122 Å². The first kappa shape index (κ1) is 15.8. The van der Waals surface area contributed by atoms with Crippen molar-refractivity contribution in [2.75, 3.05) is 19.7 Å². The zero-order chi connectivity index (χ0) is 14.9. The van der Waals surface area contributed by atoms with E-state index in [-0.39, 0.29) is 5.92 Å². The van der Waals surface area contributed by atoms with Crippen molar-refractivity contribution < 1.29 is 14.6 Å². The molecule has 0 aliphatic carbocycles. The summed E-state index contributed by atoms with van der Waals surface area (Å²) in [6.07, 6.45) is 3.19. The maximum atomic E-state index is 11.7. The molecule has 1 N–H and O–H groups in total. The van der Waals surface area contributed by atoms with Crippen LogP contribution in [-0.4, -0.2) is 47.8 Å². The van der Waals surface area contributed by atoms with Gasteiger partial charge in [0.1, 0.15) is 0 Å². The zero-order valence-corrected chi connectivity index (χ0v) is 13.3. The second-order valence-electron chi connectivity index (χ2n) is 7.17. The smallest absolute Gasteiger partial charge is 0.311 e. The van der Waals surface area contributed by atoms with E-state index in [0.717, 1.165) is 32.4 Å². The second-order valence-corrected chi connectivity index (χ2v) is 7.17. The zero-order valence-electron chi connectivity index (χ0n) is 13.3. The van der Waals surface area contributed by atoms with Crippen molar-refractivity contribution in [3.05, 3.63) is 0 Å². The highest BCUT2D eigenvalue weighted by Gasteiger charge is 2.49. The van der Waals surface area contributed by atoms with E-state index in [1.807, 2.05) is 13.8 Å². The molecule has 0 bridgehead atoms. The van der Waals surface area contributed by atoms with Gasteiger partial charge in [-0.25, -0.2) is 0 Å². The van der Waals surface area contributed by atoms with Crippen LogP contribution in [0.15, 0.2) is 0 Å². The minimum atomic E-state index is -0.623. The molecular formula is C16H29NO3. The third kappa shape index (κ3) is 2.86. The molecule has 2 heterocycles. The summed E-state index contributed by atoms with van der Waals surface area (Å²) in [6, 6.07) is 0.496. The topological polar surface area (TPSA) is 49.8 Å². The van der Waals surface area contributed by atoms with Crippen molar-refractivity contribution in [2.45, 2.75) is 59.1 Å². The fraction of sp³-hybridized carbons (Fsp3) is 0.938. The number of carbonyl (C=O) groups is 1. The van der Waals surface area contributed by atoms with Crippen LogP contribution >= 0.6 is 0 Å². The van der Waals surface area contributed by atoms with Crippen LogP contribution in [-0.2, 0) is 9.53 Å². The normalized spacial score (nSPS) is 35.9. The first-order valence-corrected chi connectivity index (χ1v) is 7.96. The molecule has 2 fully saturated rings. The minimum Gasteiger partial charge on any atom is -0.481 e. The molecule has 2 rings (SSSR count). The number of hydrogen-bond acceptors (Lipinski definition) is 3. The minimum absolute atomic E-state index is 0.186. The summed E-state index contributed by atoms with van der Waals surface area (Å²) in [7, 11) is 0. The van der Waals surface area contributed by atoms with Gasteiger partial charge in [-0.2, -0.15) is 0 Å². The third-order valence-corrected chi connectivity index (χ3v) is 5.41. The average Bonchev–Trinajstić information content (AvgIpc) is 2.85. The van der Waals surface area contributed by atoms with Crippen LogP contribution in [0.2, 0.25) is 0 Å². The average molecular weight is 283 g/mol. The summed E-state index contributed by atoms with van der Waals surface area (Å²) in [5.41, 5.74) is -0.550. The third-order valence-electron chi connectivity index (χ3n) is 5.41. The lowest BCUT2D eigenvalue weighted by Gasteiger charge is -2.38. The van der Waals surface area contributed by atoms with Crippen LogP contribution in [0.3, 0.4) is 0 Å². The van der Waals surface area contributed by atoms with Gasteiger partial charge in [0.25, 0.3) is 0 Å². The molecule has 20 heavy (non-hydrogen) atoms. The maximum absolute atomic E-state index is 11.7. The Balaban J connectivity index is 2.03. The summed E-state index contributed by atoms with van der Waals surface area (Å²) in [6.45, 7) is 10.9. The van der Waals surface area contributed by atoms with E-state index in [0.29, 0.717) is 24.6 Å². The van der Waals surface area contributed by atoms with E-state index in [1.165, 1.54) is 0 Å². The van der Waals surface area contributed by atoms with Gasteiger partial charge in [0.2, 0.25) is 0 Å². The molecular weight excluding hydrogens is 254 g/mol. The van der Waals surface area contributed by atoms with Crippen molar-refractivity contribution in [2.24, 2.45) is 17.3 Å². The highest BCUT2D eigenvalue weighted by molar-refractivity contribution is 5.75. The molecule has 2 aliphatic rings. The summed E-state index contributed by atoms with van der Waals surface area (Å²) >= 11 is 0. The van der Waals surface area contributed by atoms with Gasteiger partial charge in [0.15, 0.2) is 0 Å². The summed E-state index contributed by atoms with van der Waals surface area (Å²) in [4.78, 5) is 14.1. The second kappa shape index (κ2) is 6.02. The van der Waals surface area contributed by atoms with Gasteiger partial charge < -0.3 is 9.84 Å². The molecule has 0 aromatic rings. The first-order chi connectivity index (χ1) is 9.36. The van der Waals surface area contributed by atoms with Gasteiger partial charge >= 0.3 is 5.97 Å². The molecule has 0 aromatic carbocycles. The van der Waals surface area contributed by atoms with Crippen molar-refractivity contribution >= 4 is 5.97 Å². The van der Waals surface area contributed by atoms with E-state index < -0.39 is 11.4 Å². The Bertz CT molecular complexity index is 356. The molecule has 0 aromatic heterocycles. The molecule has 0 amide bonds. The number of hydrogen-bond donors (Lipinski definition) is 1. The Kier molecular flexibility index (Phi) is 4.75. The van der Waals surface area contributed by atoms with Gasteiger partial charge in [-0.1, -0.05) is 27.7 Å². The van der Waals surface area contributed by atoms with Crippen LogP contribution in [0.25, 0.3) is 0 Å². The SMILES string of the molecule is CC(C)C1CC(N2CCC(C(=O)O)(C(C)C)C2)CCO1. The Morgan fingerprint density at radius 3 is 2.55 bits per heavy atom. The maximum Gasteiger partial charge on any atom is 0.311 e. The molecule has 4 heteroatoms. The Morgan fingerprint density at radius 1 is 1.35 bits per heavy atom. The van der Waals surface area contributed by atoms with Crippen molar-refractivity contribution in [3.63, 3.8) is 0 Å². The molecule has 3 unspecified atom stereocenters. The Hall–Kier alpha value is -0.610. The fourth-order valence-electron chi connectivity index (χ4n) is 3.67. The molecule has 116 valence electrons. The number of nitrogens with zero attached hydrogens (tertiary/aromatic N) is 1. The highest BCUT2D eigenvalue weighted by atomic mass is 16.5. The van der Waals surface area contributed by atoms with Crippen LogP contribution < -0.4 is 0 Å². The molecule has 3 atom stereocenters. The lowest BCUT2D eigenvalue weighted by Crippen LogP contribution is -2.45. The van der Waals surface area contributed by atoms with Crippen LogP contribution in [0, 0.1) is 17.3 Å². The van der Waals surface area contributed by atoms with E-state index >= 15 is 0 Å². The van der Waals surface area contributed by atoms with E-state index in [4.69, 9.17) is 4.74 Å². The lowest BCUT2D eigenvalue weighted by molar-refractivity contribution is -0.151. The van der Waals surface area contributed by atoms with Crippen molar-refractivity contribution in [1.82, 2.24) is 4.90 Å². The number of carboxylic acid groups (broad SMARTS) is 1. The quantitative estimate of drug-likeness (QED) is 0.861. The number of carboxylic acids is 1. The largest absolute Gasteiger partial charge is 0.481 e. The van der Waals surface area contributed by atoms with Crippen LogP contribution in [0.1, 0.15) is 47.0 Å². The summed E-state index contributed by atoms with van der Waals surface area (Å²) < 4.78 is 5.83. The number of rotatable bonds is 4. The molecule has 4 nitrogen and oxygen atoms in total. The fourth-order valence-corrected chi connectivity index (χ4v) is 3.67. The van der Waals surface area contributed by atoms with E-state index in [9.17, 15) is 9.90 Å². The predicted molar refractivity (Wildman–Crippen MR) is 78.7 cm³/mol. The lowest BCUT2D eigenvalue weighted by atomic mass is 9.76. The standard InChI is InChI=1S/C16H29NO3/c1-11(2)14-9-13(5-8-20-14)17-7-6-16(10-17,12(3)4)15(18)19/h11-14H,5-10H2,1-4H3,(H,18,19). The first-order valence-electron chi connectivity index (χ1n) is 7.96.